The van der Waals surface area contributed by atoms with E-state index in [9.17, 15) is 4.79 Å². The standard InChI is InChI=1S/C8H8NO/c10-8-3-1-2-6-9(8)7-4-5-7/h2-3,6-7H,4-5H2. The molecule has 1 saturated carbocycles. The molecule has 0 saturated heterocycles. The highest BCUT2D eigenvalue weighted by molar-refractivity contribution is 4.96. The van der Waals surface area contributed by atoms with Gasteiger partial charge in [0.05, 0.1) is 0 Å². The summed E-state index contributed by atoms with van der Waals surface area (Å²) in [7, 11) is 0. The quantitative estimate of drug-likeness (QED) is 0.561. The Labute approximate surface area is 59.1 Å². The van der Waals surface area contributed by atoms with E-state index in [1.807, 2.05) is 0 Å². The van der Waals surface area contributed by atoms with Gasteiger partial charge in [-0.3, -0.25) is 4.79 Å². The van der Waals surface area contributed by atoms with E-state index in [1.54, 1.807) is 16.8 Å². The van der Waals surface area contributed by atoms with Gasteiger partial charge >= 0.3 is 0 Å². The lowest BCUT2D eigenvalue weighted by atomic mass is 10.4. The first-order valence-corrected chi connectivity index (χ1v) is 3.46. The van der Waals surface area contributed by atoms with Crippen molar-refractivity contribution in [2.75, 3.05) is 0 Å². The molecule has 1 aliphatic rings. The van der Waals surface area contributed by atoms with Crippen molar-refractivity contribution in [3.05, 3.63) is 34.7 Å². The minimum atomic E-state index is 0.0741. The molecule has 10 heavy (non-hydrogen) atoms. The number of hydrogen-bond donors (Lipinski definition) is 0. The number of aromatic nitrogens is 1. The van der Waals surface area contributed by atoms with Crippen LogP contribution < -0.4 is 5.56 Å². The zero-order valence-electron chi connectivity index (χ0n) is 5.58. The fraction of sp³-hybridized carbons (Fsp3) is 0.375. The van der Waals surface area contributed by atoms with Crippen LogP contribution >= 0.6 is 0 Å². The van der Waals surface area contributed by atoms with Crippen LogP contribution in [0.25, 0.3) is 0 Å². The molecule has 0 unspecified atom stereocenters. The first kappa shape index (κ1) is 5.71. The second kappa shape index (κ2) is 1.97. The molecule has 1 aliphatic carbocycles. The lowest BCUT2D eigenvalue weighted by Crippen LogP contribution is -2.15. The van der Waals surface area contributed by atoms with Crippen LogP contribution in [0.4, 0.5) is 0 Å². The fourth-order valence-electron chi connectivity index (χ4n) is 1.05. The number of rotatable bonds is 1. The molecular weight excluding hydrogens is 126 g/mol. The van der Waals surface area contributed by atoms with Crippen LogP contribution in [-0.4, -0.2) is 4.57 Å². The van der Waals surface area contributed by atoms with Crippen molar-refractivity contribution >= 4 is 0 Å². The van der Waals surface area contributed by atoms with E-state index in [2.05, 4.69) is 6.07 Å². The monoisotopic (exact) mass is 134 g/mol. The highest BCUT2D eigenvalue weighted by Gasteiger charge is 2.23. The third-order valence-corrected chi connectivity index (χ3v) is 1.73. The van der Waals surface area contributed by atoms with Crippen molar-refractivity contribution in [1.82, 2.24) is 4.57 Å². The molecule has 0 spiro atoms. The maximum atomic E-state index is 11.0. The lowest BCUT2D eigenvalue weighted by Gasteiger charge is -1.98. The SMILES string of the molecule is O=c1c[c]ccn1C1CC1. The first-order valence-electron chi connectivity index (χ1n) is 3.46. The summed E-state index contributed by atoms with van der Waals surface area (Å²) in [5.41, 5.74) is 0.0741. The molecule has 1 aromatic heterocycles. The van der Waals surface area contributed by atoms with Crippen LogP contribution in [0.3, 0.4) is 0 Å². The first-order chi connectivity index (χ1) is 4.88. The Morgan fingerprint density at radius 3 is 3.00 bits per heavy atom. The smallest absolute Gasteiger partial charge is 0.251 e. The third-order valence-electron chi connectivity index (χ3n) is 1.73. The van der Waals surface area contributed by atoms with E-state index in [0.717, 1.165) is 12.8 Å². The van der Waals surface area contributed by atoms with Gasteiger partial charge in [-0.05, 0) is 25.0 Å². The summed E-state index contributed by atoms with van der Waals surface area (Å²) in [4.78, 5) is 11.0. The summed E-state index contributed by atoms with van der Waals surface area (Å²) in [5.74, 6) is 0. The number of hydrogen-bond acceptors (Lipinski definition) is 1. The maximum Gasteiger partial charge on any atom is 0.251 e. The van der Waals surface area contributed by atoms with E-state index < -0.39 is 0 Å². The summed E-state index contributed by atoms with van der Waals surface area (Å²) in [6.07, 6.45) is 4.12. The van der Waals surface area contributed by atoms with Gasteiger partial charge in [0.15, 0.2) is 0 Å². The molecule has 51 valence electrons. The summed E-state index contributed by atoms with van der Waals surface area (Å²) >= 11 is 0. The van der Waals surface area contributed by atoms with Gasteiger partial charge in [0.1, 0.15) is 0 Å². The van der Waals surface area contributed by atoms with E-state index in [-0.39, 0.29) is 5.56 Å². The summed E-state index contributed by atoms with van der Waals surface area (Å²) in [6.45, 7) is 0. The highest BCUT2D eigenvalue weighted by Crippen LogP contribution is 2.32. The topological polar surface area (TPSA) is 22.0 Å². The molecule has 2 nitrogen and oxygen atoms in total. The van der Waals surface area contributed by atoms with Gasteiger partial charge in [-0.15, -0.1) is 0 Å². The zero-order valence-corrected chi connectivity index (χ0v) is 5.58. The van der Waals surface area contributed by atoms with E-state index in [0.29, 0.717) is 6.04 Å². The van der Waals surface area contributed by atoms with E-state index in [1.165, 1.54) is 6.07 Å². The predicted molar refractivity (Wildman–Crippen MR) is 37.8 cm³/mol. The Morgan fingerprint density at radius 1 is 1.60 bits per heavy atom. The van der Waals surface area contributed by atoms with Crippen molar-refractivity contribution in [3.8, 4) is 0 Å². The lowest BCUT2D eigenvalue weighted by molar-refractivity contribution is 0.707. The normalized spacial score (nSPS) is 17.2. The van der Waals surface area contributed by atoms with Gasteiger partial charge in [-0.1, -0.05) is 0 Å². The Bertz CT molecular complexity index is 285. The summed E-state index contributed by atoms with van der Waals surface area (Å²) < 4.78 is 1.77. The average Bonchev–Trinajstić information content (AvgIpc) is 2.71. The molecule has 0 aliphatic heterocycles. The Morgan fingerprint density at radius 2 is 2.40 bits per heavy atom. The molecular formula is C8H8NO. The number of nitrogens with zero attached hydrogens (tertiary/aromatic N) is 1. The van der Waals surface area contributed by atoms with Gasteiger partial charge in [0, 0.05) is 18.3 Å². The van der Waals surface area contributed by atoms with Gasteiger partial charge < -0.3 is 4.57 Å². The van der Waals surface area contributed by atoms with Crippen LogP contribution in [0.5, 0.6) is 0 Å². The third kappa shape index (κ3) is 0.856. The molecule has 0 amide bonds. The fourth-order valence-corrected chi connectivity index (χ4v) is 1.05. The summed E-state index contributed by atoms with van der Waals surface area (Å²) in [5, 5.41) is 0. The van der Waals surface area contributed by atoms with E-state index in [4.69, 9.17) is 0 Å². The average molecular weight is 134 g/mol. The Balaban J connectivity index is 2.48. The predicted octanol–water partition coefficient (Wildman–Crippen LogP) is 0.983. The van der Waals surface area contributed by atoms with Crippen LogP contribution in [0.1, 0.15) is 18.9 Å². The molecule has 1 aromatic rings. The molecule has 0 atom stereocenters. The van der Waals surface area contributed by atoms with Crippen LogP contribution in [-0.2, 0) is 0 Å². The van der Waals surface area contributed by atoms with Gasteiger partial charge in [-0.2, -0.15) is 0 Å². The summed E-state index contributed by atoms with van der Waals surface area (Å²) in [6, 6.07) is 6.50. The van der Waals surface area contributed by atoms with E-state index >= 15 is 0 Å². The minimum Gasteiger partial charge on any atom is -0.312 e. The second-order valence-corrected chi connectivity index (χ2v) is 2.60. The molecule has 2 heteroatoms. The molecule has 1 radical (unpaired) electrons. The van der Waals surface area contributed by atoms with Crippen molar-refractivity contribution in [3.63, 3.8) is 0 Å². The second-order valence-electron chi connectivity index (χ2n) is 2.60. The van der Waals surface area contributed by atoms with Crippen LogP contribution in [0.2, 0.25) is 0 Å². The molecule has 1 fully saturated rings. The van der Waals surface area contributed by atoms with Gasteiger partial charge in [0.2, 0.25) is 0 Å². The van der Waals surface area contributed by atoms with Crippen LogP contribution in [0.15, 0.2) is 23.1 Å². The Kier molecular flexibility index (Phi) is 1.13. The van der Waals surface area contributed by atoms with Crippen molar-refractivity contribution in [1.29, 1.82) is 0 Å². The molecule has 1 heterocycles. The van der Waals surface area contributed by atoms with Crippen molar-refractivity contribution < 1.29 is 0 Å². The van der Waals surface area contributed by atoms with Crippen LogP contribution in [0, 0.1) is 6.07 Å². The molecule has 0 N–H and O–H groups in total. The van der Waals surface area contributed by atoms with Crippen molar-refractivity contribution in [2.45, 2.75) is 18.9 Å². The highest BCUT2D eigenvalue weighted by atomic mass is 16.1. The molecule has 0 aromatic carbocycles. The molecule has 2 rings (SSSR count). The van der Waals surface area contributed by atoms with Crippen molar-refractivity contribution in [2.24, 2.45) is 0 Å². The van der Waals surface area contributed by atoms with Gasteiger partial charge in [-0.25, -0.2) is 0 Å². The number of pyridine rings is 1. The van der Waals surface area contributed by atoms with Gasteiger partial charge in [0.25, 0.3) is 5.56 Å². The Hall–Kier alpha value is -1.05. The molecule has 0 bridgehead atoms. The minimum absolute atomic E-state index is 0.0741. The zero-order chi connectivity index (χ0) is 6.97. The largest absolute Gasteiger partial charge is 0.312 e. The maximum absolute atomic E-state index is 11.0.